The van der Waals surface area contributed by atoms with Gasteiger partial charge < -0.3 is 4.98 Å². The zero-order valence-corrected chi connectivity index (χ0v) is 11.4. The molecule has 1 nitrogen and oxygen atoms in total. The van der Waals surface area contributed by atoms with E-state index in [0.29, 0.717) is 5.41 Å². The van der Waals surface area contributed by atoms with E-state index in [1.807, 2.05) is 0 Å². The molecule has 0 unspecified atom stereocenters. The molecule has 1 fully saturated rings. The topological polar surface area (TPSA) is 15.8 Å². The van der Waals surface area contributed by atoms with Crippen molar-refractivity contribution in [1.29, 1.82) is 0 Å². The molecule has 19 heavy (non-hydrogen) atoms. The number of hydrogen-bond acceptors (Lipinski definition) is 0. The molecule has 0 radical (unpaired) electrons. The lowest BCUT2D eigenvalue weighted by Gasteiger charge is -2.24. The first-order valence-electron chi connectivity index (χ1n) is 7.28. The van der Waals surface area contributed by atoms with E-state index in [1.54, 1.807) is 0 Å². The molecular weight excluding hydrogens is 230 g/mol. The molecule has 1 aliphatic rings. The summed E-state index contributed by atoms with van der Waals surface area (Å²) in [6.07, 6.45) is 5.38. The molecule has 0 bridgehead atoms. The van der Waals surface area contributed by atoms with Crippen molar-refractivity contribution in [2.45, 2.75) is 38.0 Å². The largest absolute Gasteiger partial charge is 0.354 e. The van der Waals surface area contributed by atoms with Crippen LogP contribution in [0, 0.1) is 0 Å². The van der Waals surface area contributed by atoms with Gasteiger partial charge in [-0.05, 0) is 29.9 Å². The quantitative estimate of drug-likeness (QED) is 0.613. The highest BCUT2D eigenvalue weighted by atomic mass is 14.7. The maximum atomic E-state index is 3.65. The van der Waals surface area contributed by atoms with Crippen LogP contribution in [0.3, 0.4) is 0 Å². The van der Waals surface area contributed by atoms with Gasteiger partial charge in [-0.1, -0.05) is 56.2 Å². The van der Waals surface area contributed by atoms with E-state index in [1.165, 1.54) is 53.1 Å². The van der Waals surface area contributed by atoms with Gasteiger partial charge in [0.15, 0.2) is 0 Å². The maximum absolute atomic E-state index is 3.65. The minimum Gasteiger partial charge on any atom is -0.354 e. The number of aromatic nitrogens is 1. The fraction of sp³-hybridized carbons (Fsp3) is 0.333. The first-order valence-corrected chi connectivity index (χ1v) is 7.28. The van der Waals surface area contributed by atoms with Crippen LogP contribution in [-0.2, 0) is 5.41 Å². The number of benzene rings is 2. The smallest absolute Gasteiger partial charge is 0.0503 e. The monoisotopic (exact) mass is 249 g/mol. The van der Waals surface area contributed by atoms with Crippen LogP contribution >= 0.6 is 0 Å². The summed E-state index contributed by atoms with van der Waals surface area (Å²) in [7, 11) is 0. The molecule has 1 aromatic heterocycles. The van der Waals surface area contributed by atoms with Crippen LogP contribution in [0.4, 0.5) is 0 Å². The summed E-state index contributed by atoms with van der Waals surface area (Å²) >= 11 is 0. The Morgan fingerprint density at radius 3 is 2.47 bits per heavy atom. The minimum atomic E-state index is 0.361. The Hall–Kier alpha value is -1.76. The van der Waals surface area contributed by atoms with Crippen molar-refractivity contribution in [3.05, 3.63) is 48.0 Å². The highest BCUT2D eigenvalue weighted by Gasteiger charge is 2.32. The van der Waals surface area contributed by atoms with E-state index >= 15 is 0 Å². The summed E-state index contributed by atoms with van der Waals surface area (Å²) in [5.74, 6) is 0. The fourth-order valence-corrected chi connectivity index (χ4v) is 3.80. The number of aromatic amines is 1. The number of fused-ring (bicyclic) bond motifs is 3. The molecule has 0 amide bonds. The predicted molar refractivity (Wildman–Crippen MR) is 81.6 cm³/mol. The van der Waals surface area contributed by atoms with Gasteiger partial charge >= 0.3 is 0 Å². The van der Waals surface area contributed by atoms with Gasteiger partial charge in [0.2, 0.25) is 0 Å². The maximum Gasteiger partial charge on any atom is 0.0503 e. The van der Waals surface area contributed by atoms with Gasteiger partial charge in [-0.25, -0.2) is 0 Å². The highest BCUT2D eigenvalue weighted by Crippen LogP contribution is 2.43. The molecule has 1 saturated carbocycles. The van der Waals surface area contributed by atoms with Gasteiger partial charge in [0.05, 0.1) is 5.52 Å². The van der Waals surface area contributed by atoms with Crippen LogP contribution in [0.1, 0.15) is 38.2 Å². The normalized spacial score (nSPS) is 18.4. The predicted octanol–water partition coefficient (Wildman–Crippen LogP) is 5.15. The van der Waals surface area contributed by atoms with Gasteiger partial charge in [-0.2, -0.15) is 0 Å². The molecule has 1 heteroatoms. The first-order chi connectivity index (χ1) is 9.28. The molecular formula is C18H19N. The summed E-state index contributed by atoms with van der Waals surface area (Å²) in [4.78, 5) is 3.65. The lowest BCUT2D eigenvalue weighted by molar-refractivity contribution is 0.495. The number of nitrogens with one attached hydrogen (secondary N) is 1. The van der Waals surface area contributed by atoms with E-state index < -0.39 is 0 Å². The molecule has 2 aromatic carbocycles. The Balaban J connectivity index is 2.06. The molecule has 0 saturated heterocycles. The van der Waals surface area contributed by atoms with E-state index in [0.717, 1.165) is 0 Å². The number of H-pyrrole nitrogens is 1. The Morgan fingerprint density at radius 2 is 1.63 bits per heavy atom. The third kappa shape index (κ3) is 1.54. The van der Waals surface area contributed by atoms with Crippen molar-refractivity contribution in [3.63, 3.8) is 0 Å². The van der Waals surface area contributed by atoms with Crippen LogP contribution in [0.25, 0.3) is 21.8 Å². The highest BCUT2D eigenvalue weighted by molar-refractivity contribution is 6.08. The molecule has 1 aliphatic carbocycles. The van der Waals surface area contributed by atoms with Gasteiger partial charge in [0, 0.05) is 16.3 Å². The first kappa shape index (κ1) is 11.1. The van der Waals surface area contributed by atoms with Crippen molar-refractivity contribution in [3.8, 4) is 0 Å². The molecule has 96 valence electrons. The third-order valence-corrected chi connectivity index (χ3v) is 4.90. The van der Waals surface area contributed by atoms with Crippen molar-refractivity contribution in [2.24, 2.45) is 0 Å². The Kier molecular flexibility index (Phi) is 2.26. The second-order valence-electron chi connectivity index (χ2n) is 6.17. The molecule has 0 spiro atoms. The van der Waals surface area contributed by atoms with E-state index in [9.17, 15) is 0 Å². The Morgan fingerprint density at radius 1 is 0.895 bits per heavy atom. The average Bonchev–Trinajstić information content (AvgIpc) is 3.02. The zero-order chi connectivity index (χ0) is 12.9. The van der Waals surface area contributed by atoms with E-state index in [2.05, 4.69) is 54.4 Å². The zero-order valence-electron chi connectivity index (χ0n) is 11.4. The molecule has 4 rings (SSSR count). The number of rotatable bonds is 1. The van der Waals surface area contributed by atoms with Crippen molar-refractivity contribution >= 4 is 21.8 Å². The van der Waals surface area contributed by atoms with Crippen molar-refractivity contribution in [1.82, 2.24) is 4.98 Å². The molecule has 3 aromatic rings. The van der Waals surface area contributed by atoms with Gasteiger partial charge in [0.1, 0.15) is 0 Å². The number of para-hydroxylation sites is 2. The van der Waals surface area contributed by atoms with Crippen LogP contribution in [0.2, 0.25) is 0 Å². The fourth-order valence-electron chi connectivity index (χ4n) is 3.80. The molecule has 0 atom stereocenters. The second kappa shape index (κ2) is 3.86. The van der Waals surface area contributed by atoms with Crippen LogP contribution in [-0.4, -0.2) is 4.98 Å². The Labute approximate surface area is 113 Å². The summed E-state index contributed by atoms with van der Waals surface area (Å²) < 4.78 is 0. The van der Waals surface area contributed by atoms with Gasteiger partial charge in [0.25, 0.3) is 0 Å². The standard InChI is InChI=1S/C18H19N/c1-18(11-4-5-12-18)15-9-6-8-14-13-7-2-3-10-16(13)19-17(14)15/h2-3,6-10,19H,4-5,11-12H2,1H3. The SMILES string of the molecule is CC1(c2cccc3c2[nH]c2ccccc23)CCCC1. The molecule has 0 aliphatic heterocycles. The van der Waals surface area contributed by atoms with Gasteiger partial charge in [-0.3, -0.25) is 0 Å². The summed E-state index contributed by atoms with van der Waals surface area (Å²) in [5.41, 5.74) is 4.48. The minimum absolute atomic E-state index is 0.361. The van der Waals surface area contributed by atoms with E-state index in [4.69, 9.17) is 0 Å². The summed E-state index contributed by atoms with van der Waals surface area (Å²) in [6, 6.07) is 15.4. The van der Waals surface area contributed by atoms with Crippen LogP contribution in [0.15, 0.2) is 42.5 Å². The average molecular weight is 249 g/mol. The lowest BCUT2D eigenvalue weighted by Crippen LogP contribution is -2.17. The van der Waals surface area contributed by atoms with Crippen molar-refractivity contribution in [2.75, 3.05) is 0 Å². The Bertz CT molecular complexity index is 745. The van der Waals surface area contributed by atoms with E-state index in [-0.39, 0.29) is 0 Å². The second-order valence-corrected chi connectivity index (χ2v) is 6.17. The number of hydrogen-bond donors (Lipinski definition) is 1. The molecule has 1 N–H and O–H groups in total. The van der Waals surface area contributed by atoms with Gasteiger partial charge in [-0.15, -0.1) is 0 Å². The van der Waals surface area contributed by atoms with Crippen molar-refractivity contribution < 1.29 is 0 Å². The lowest BCUT2D eigenvalue weighted by atomic mass is 9.80. The summed E-state index contributed by atoms with van der Waals surface area (Å²) in [6.45, 7) is 2.43. The third-order valence-electron chi connectivity index (χ3n) is 4.90. The summed E-state index contributed by atoms with van der Waals surface area (Å²) in [5, 5.41) is 2.72. The molecule has 1 heterocycles. The van der Waals surface area contributed by atoms with Crippen LogP contribution in [0.5, 0.6) is 0 Å². The van der Waals surface area contributed by atoms with Crippen LogP contribution < -0.4 is 0 Å².